The van der Waals surface area contributed by atoms with Crippen LogP contribution in [-0.2, 0) is 6.54 Å². The van der Waals surface area contributed by atoms with Gasteiger partial charge in [0, 0.05) is 24.6 Å². The van der Waals surface area contributed by atoms with E-state index in [0.29, 0.717) is 12.4 Å². The zero-order chi connectivity index (χ0) is 17.7. The number of aryl methyl sites for hydroxylation is 4. The Hall–Kier alpha value is -1.58. The van der Waals surface area contributed by atoms with Gasteiger partial charge in [-0.15, -0.1) is 24.0 Å². The SMILES string of the molecule is CCNC(=NCc1nc(C)c(C)o1)NCC(C)c1c(C)noc1C.I. The van der Waals surface area contributed by atoms with Crippen molar-refractivity contribution < 1.29 is 8.94 Å². The smallest absolute Gasteiger partial charge is 0.216 e. The molecule has 8 heteroatoms. The lowest BCUT2D eigenvalue weighted by Crippen LogP contribution is -2.39. The molecular weight excluding hydrogens is 433 g/mol. The molecule has 2 aromatic rings. The fraction of sp³-hybridized carbons (Fsp3) is 0.588. The standard InChI is InChI=1S/C17H27N5O2.HI/c1-7-18-17(20-9-15-21-11(3)13(5)23-15)19-8-10(2)16-12(4)22-24-14(16)6;/h10H,7-9H2,1-6H3,(H2,18,19,20);1H. The van der Waals surface area contributed by atoms with Crippen molar-refractivity contribution in [2.45, 2.75) is 54.0 Å². The van der Waals surface area contributed by atoms with E-state index in [9.17, 15) is 0 Å². The Bertz CT molecular complexity index is 669. The largest absolute Gasteiger partial charge is 0.444 e. The third-order valence-corrected chi connectivity index (χ3v) is 3.95. The third kappa shape index (κ3) is 5.72. The van der Waals surface area contributed by atoms with Crippen molar-refractivity contribution in [2.24, 2.45) is 4.99 Å². The number of oxazole rings is 1. The molecule has 0 radical (unpaired) electrons. The maximum absolute atomic E-state index is 5.56. The van der Waals surface area contributed by atoms with Crippen LogP contribution in [0.2, 0.25) is 0 Å². The number of nitrogens with one attached hydrogen (secondary N) is 2. The molecule has 0 aliphatic heterocycles. The normalized spacial score (nSPS) is 12.6. The van der Waals surface area contributed by atoms with Gasteiger partial charge in [0.1, 0.15) is 18.1 Å². The van der Waals surface area contributed by atoms with Gasteiger partial charge in [0.25, 0.3) is 0 Å². The number of halogens is 1. The molecule has 2 heterocycles. The minimum Gasteiger partial charge on any atom is -0.444 e. The van der Waals surface area contributed by atoms with Gasteiger partial charge in [-0.1, -0.05) is 12.1 Å². The van der Waals surface area contributed by atoms with Crippen molar-refractivity contribution in [3.05, 3.63) is 34.4 Å². The molecule has 1 unspecified atom stereocenters. The van der Waals surface area contributed by atoms with Crippen LogP contribution in [0.4, 0.5) is 0 Å². The Balaban J connectivity index is 0.00000312. The Labute approximate surface area is 166 Å². The Kier molecular flexibility index (Phi) is 8.40. The Morgan fingerprint density at radius 3 is 2.36 bits per heavy atom. The summed E-state index contributed by atoms with van der Waals surface area (Å²) in [6, 6.07) is 0. The minimum atomic E-state index is 0. The van der Waals surface area contributed by atoms with E-state index in [1.807, 2.05) is 34.6 Å². The number of rotatable bonds is 6. The summed E-state index contributed by atoms with van der Waals surface area (Å²) in [7, 11) is 0. The predicted molar refractivity (Wildman–Crippen MR) is 109 cm³/mol. The maximum Gasteiger partial charge on any atom is 0.216 e. The average Bonchev–Trinajstić information content (AvgIpc) is 3.04. The van der Waals surface area contributed by atoms with Crippen LogP contribution in [0, 0.1) is 27.7 Å². The van der Waals surface area contributed by atoms with Crippen molar-refractivity contribution in [3.63, 3.8) is 0 Å². The van der Waals surface area contributed by atoms with Gasteiger partial charge in [-0.05, 0) is 34.6 Å². The molecule has 0 amide bonds. The zero-order valence-corrected chi connectivity index (χ0v) is 18.1. The van der Waals surface area contributed by atoms with Gasteiger partial charge in [0.15, 0.2) is 5.96 Å². The molecule has 140 valence electrons. The molecule has 25 heavy (non-hydrogen) atoms. The highest BCUT2D eigenvalue weighted by atomic mass is 127. The molecule has 2 N–H and O–H groups in total. The summed E-state index contributed by atoms with van der Waals surface area (Å²) in [6.45, 7) is 13.9. The molecule has 0 spiro atoms. The second kappa shape index (κ2) is 9.79. The summed E-state index contributed by atoms with van der Waals surface area (Å²) in [6.07, 6.45) is 0. The van der Waals surface area contributed by atoms with Crippen LogP contribution in [0.25, 0.3) is 0 Å². The molecule has 7 nitrogen and oxygen atoms in total. The van der Waals surface area contributed by atoms with Crippen molar-refractivity contribution in [2.75, 3.05) is 13.1 Å². The first-order valence-corrected chi connectivity index (χ1v) is 8.30. The molecular formula is C17H28IN5O2. The molecule has 0 aromatic carbocycles. The summed E-state index contributed by atoms with van der Waals surface area (Å²) in [5.74, 6) is 3.34. The molecule has 2 rings (SSSR count). The summed E-state index contributed by atoms with van der Waals surface area (Å²) < 4.78 is 10.8. The van der Waals surface area contributed by atoms with E-state index >= 15 is 0 Å². The lowest BCUT2D eigenvalue weighted by Gasteiger charge is -2.15. The maximum atomic E-state index is 5.56. The van der Waals surface area contributed by atoms with Crippen molar-refractivity contribution >= 4 is 29.9 Å². The number of guanidine groups is 1. The summed E-state index contributed by atoms with van der Waals surface area (Å²) >= 11 is 0. The van der Waals surface area contributed by atoms with Gasteiger partial charge in [-0.2, -0.15) is 0 Å². The Morgan fingerprint density at radius 2 is 1.84 bits per heavy atom. The number of aliphatic imine (C=N–C) groups is 1. The highest BCUT2D eigenvalue weighted by molar-refractivity contribution is 14.0. The van der Waals surface area contributed by atoms with Crippen molar-refractivity contribution in [1.29, 1.82) is 0 Å². The van der Waals surface area contributed by atoms with Gasteiger partial charge in [-0.3, -0.25) is 0 Å². The van der Waals surface area contributed by atoms with Crippen LogP contribution < -0.4 is 10.6 Å². The molecule has 0 saturated heterocycles. The first-order chi connectivity index (χ1) is 11.4. The number of aromatic nitrogens is 2. The number of nitrogens with zero attached hydrogens (tertiary/aromatic N) is 3. The van der Waals surface area contributed by atoms with E-state index in [0.717, 1.165) is 47.5 Å². The van der Waals surface area contributed by atoms with E-state index in [1.54, 1.807) is 0 Å². The molecule has 1 atom stereocenters. The number of hydrogen-bond donors (Lipinski definition) is 2. The summed E-state index contributed by atoms with van der Waals surface area (Å²) in [5, 5.41) is 10.6. The molecule has 0 saturated carbocycles. The van der Waals surface area contributed by atoms with Crippen molar-refractivity contribution in [3.8, 4) is 0 Å². The summed E-state index contributed by atoms with van der Waals surface area (Å²) in [4.78, 5) is 8.89. The monoisotopic (exact) mass is 461 g/mol. The second-order valence-corrected chi connectivity index (χ2v) is 5.96. The molecule has 0 aliphatic rings. The van der Waals surface area contributed by atoms with Crippen LogP contribution >= 0.6 is 24.0 Å². The van der Waals surface area contributed by atoms with Crippen LogP contribution in [0.15, 0.2) is 13.9 Å². The first kappa shape index (κ1) is 21.5. The second-order valence-electron chi connectivity index (χ2n) is 5.96. The van der Waals surface area contributed by atoms with Crippen LogP contribution in [0.3, 0.4) is 0 Å². The first-order valence-electron chi connectivity index (χ1n) is 8.30. The topological polar surface area (TPSA) is 88.5 Å². The van der Waals surface area contributed by atoms with Crippen molar-refractivity contribution in [1.82, 2.24) is 20.8 Å². The Morgan fingerprint density at radius 1 is 1.12 bits per heavy atom. The molecule has 0 fully saturated rings. The van der Waals surface area contributed by atoms with E-state index in [-0.39, 0.29) is 29.9 Å². The highest BCUT2D eigenvalue weighted by Crippen LogP contribution is 2.22. The van der Waals surface area contributed by atoms with Gasteiger partial charge in [-0.25, -0.2) is 9.98 Å². The lowest BCUT2D eigenvalue weighted by atomic mass is 10.00. The van der Waals surface area contributed by atoms with E-state index in [4.69, 9.17) is 8.94 Å². The van der Waals surface area contributed by atoms with Gasteiger partial charge in [0.2, 0.25) is 5.89 Å². The van der Waals surface area contributed by atoms with E-state index in [1.165, 1.54) is 0 Å². The fourth-order valence-corrected chi connectivity index (χ4v) is 2.64. The highest BCUT2D eigenvalue weighted by Gasteiger charge is 2.16. The predicted octanol–water partition coefficient (Wildman–Crippen LogP) is 3.37. The average molecular weight is 461 g/mol. The third-order valence-electron chi connectivity index (χ3n) is 3.95. The number of hydrogen-bond acceptors (Lipinski definition) is 5. The van der Waals surface area contributed by atoms with Gasteiger partial charge in [0.05, 0.1) is 11.4 Å². The molecule has 2 aromatic heterocycles. The van der Waals surface area contributed by atoms with Gasteiger partial charge >= 0.3 is 0 Å². The quantitative estimate of drug-likeness (QED) is 0.390. The lowest BCUT2D eigenvalue weighted by molar-refractivity contribution is 0.391. The zero-order valence-electron chi connectivity index (χ0n) is 15.8. The van der Waals surface area contributed by atoms with Crippen LogP contribution in [-0.4, -0.2) is 29.2 Å². The van der Waals surface area contributed by atoms with Gasteiger partial charge < -0.3 is 19.6 Å². The minimum absolute atomic E-state index is 0. The van der Waals surface area contributed by atoms with Crippen LogP contribution in [0.1, 0.15) is 54.1 Å². The summed E-state index contributed by atoms with van der Waals surface area (Å²) in [5.41, 5.74) is 3.00. The molecule has 0 bridgehead atoms. The molecule has 0 aliphatic carbocycles. The van der Waals surface area contributed by atoms with Crippen LogP contribution in [0.5, 0.6) is 0 Å². The van der Waals surface area contributed by atoms with E-state index < -0.39 is 0 Å². The van der Waals surface area contributed by atoms with E-state index in [2.05, 4.69) is 32.7 Å². The fourth-order valence-electron chi connectivity index (χ4n) is 2.64.